The van der Waals surface area contributed by atoms with Crippen LogP contribution in [0, 0.1) is 0 Å². The summed E-state index contributed by atoms with van der Waals surface area (Å²) in [6.07, 6.45) is 0.0908. The number of fused-ring (bicyclic) bond motifs is 1. The van der Waals surface area contributed by atoms with E-state index >= 15 is 0 Å². The molecular formula is C10H13NO2. The van der Waals surface area contributed by atoms with Crippen LogP contribution in [-0.2, 0) is 6.42 Å². The van der Waals surface area contributed by atoms with Crippen molar-refractivity contribution in [3.63, 3.8) is 0 Å². The van der Waals surface area contributed by atoms with E-state index in [1.807, 2.05) is 0 Å². The van der Waals surface area contributed by atoms with Crippen LogP contribution in [-0.4, -0.2) is 13.3 Å². The first-order chi connectivity index (χ1) is 8.31. The number of rotatable bonds is 3. The molecule has 2 N–H and O–H groups in total. The van der Waals surface area contributed by atoms with Gasteiger partial charge >= 0.3 is 0 Å². The minimum absolute atomic E-state index is 0.0206. The van der Waals surface area contributed by atoms with Gasteiger partial charge in [0, 0.05) is 2.74 Å². The topological polar surface area (TPSA) is 44.5 Å². The summed E-state index contributed by atoms with van der Waals surface area (Å²) in [6, 6.07) is -0.285. The largest absolute Gasteiger partial charge is 0.454 e. The lowest BCUT2D eigenvalue weighted by Gasteiger charge is -2.01. The second-order valence-electron chi connectivity index (χ2n) is 2.62. The third kappa shape index (κ3) is 1.75. The molecule has 0 bridgehead atoms. The first-order valence-electron chi connectivity index (χ1n) is 6.48. The Morgan fingerprint density at radius 2 is 2.31 bits per heavy atom. The van der Waals surface area contributed by atoms with Crippen LogP contribution >= 0.6 is 0 Å². The monoisotopic (exact) mass is 184 g/mol. The van der Waals surface area contributed by atoms with E-state index < -0.39 is 6.50 Å². The van der Waals surface area contributed by atoms with Gasteiger partial charge < -0.3 is 15.2 Å². The average molecular weight is 184 g/mol. The molecule has 1 aliphatic heterocycles. The van der Waals surface area contributed by atoms with Crippen LogP contribution in [0.25, 0.3) is 0 Å². The van der Waals surface area contributed by atoms with Gasteiger partial charge in [0.15, 0.2) is 11.5 Å². The first kappa shape index (κ1) is 4.33. The molecule has 0 spiro atoms. The van der Waals surface area contributed by atoms with Crippen molar-refractivity contribution in [1.82, 2.24) is 0 Å². The van der Waals surface area contributed by atoms with Crippen LogP contribution in [0.5, 0.6) is 11.5 Å². The summed E-state index contributed by atoms with van der Waals surface area (Å²) >= 11 is 0. The summed E-state index contributed by atoms with van der Waals surface area (Å²) in [6.45, 7) is -1.93. The van der Waals surface area contributed by atoms with Crippen molar-refractivity contribution in [3.05, 3.63) is 23.7 Å². The summed E-state index contributed by atoms with van der Waals surface area (Å²) in [5.41, 5.74) is 5.50. The van der Waals surface area contributed by atoms with Gasteiger partial charge in [0.05, 0.1) is 4.11 Å². The third-order valence-corrected chi connectivity index (χ3v) is 1.72. The Kier molecular flexibility index (Phi) is 1.22. The summed E-state index contributed by atoms with van der Waals surface area (Å²) in [5, 5.41) is 0. The maximum Gasteiger partial charge on any atom is 0.231 e. The van der Waals surface area contributed by atoms with Gasteiger partial charge in [-0.2, -0.15) is 0 Å². The minimum Gasteiger partial charge on any atom is -0.454 e. The van der Waals surface area contributed by atoms with E-state index in [0.29, 0.717) is 0 Å². The predicted molar refractivity (Wildman–Crippen MR) is 49.9 cm³/mol. The Balaban J connectivity index is 2.39. The van der Waals surface area contributed by atoms with Gasteiger partial charge in [-0.15, -0.1) is 0 Å². The van der Waals surface area contributed by atoms with Crippen molar-refractivity contribution in [2.75, 3.05) is 13.3 Å². The third-order valence-electron chi connectivity index (χ3n) is 1.72. The molecule has 70 valence electrons. The predicted octanol–water partition coefficient (Wildman–Crippen LogP) is 1.31. The highest BCUT2D eigenvalue weighted by Crippen LogP contribution is 2.32. The van der Waals surface area contributed by atoms with E-state index in [0.717, 1.165) is 0 Å². The van der Waals surface area contributed by atoms with Crippen molar-refractivity contribution < 1.29 is 16.3 Å². The summed E-state index contributed by atoms with van der Waals surface area (Å²) in [5.74, 6) is 0.271. The van der Waals surface area contributed by atoms with E-state index in [1.54, 1.807) is 0 Å². The molecule has 0 saturated carbocycles. The van der Waals surface area contributed by atoms with Crippen LogP contribution < -0.4 is 15.2 Å². The molecule has 1 aliphatic rings. The van der Waals surface area contributed by atoms with Crippen molar-refractivity contribution in [1.29, 1.82) is 0 Å². The highest BCUT2D eigenvalue weighted by Gasteiger charge is 2.12. The second kappa shape index (κ2) is 3.66. The van der Waals surface area contributed by atoms with Crippen LogP contribution in [0.1, 0.15) is 18.8 Å². The molecule has 3 heteroatoms. The van der Waals surface area contributed by atoms with Crippen LogP contribution in [0.2, 0.25) is 0 Å². The van der Waals surface area contributed by atoms with E-state index in [4.69, 9.17) is 22.1 Å². The molecule has 1 heterocycles. The molecule has 0 aromatic heterocycles. The molecule has 3 nitrogen and oxygen atoms in total. The van der Waals surface area contributed by atoms with Gasteiger partial charge in [0.25, 0.3) is 0 Å². The number of benzene rings is 1. The second-order valence-corrected chi connectivity index (χ2v) is 2.62. The Bertz CT molecular complexity index is 486. The van der Waals surface area contributed by atoms with E-state index in [2.05, 4.69) is 0 Å². The minimum atomic E-state index is -1.86. The lowest BCUT2D eigenvalue weighted by atomic mass is 10.1. The van der Waals surface area contributed by atoms with Crippen LogP contribution in [0.15, 0.2) is 18.1 Å². The molecule has 0 unspecified atom stereocenters. The van der Waals surface area contributed by atoms with E-state index in [-0.39, 0.29) is 54.8 Å². The number of hydrogen-bond donors (Lipinski definition) is 1. The SMILES string of the molecule is [2H]c1c([2H])c2c(c([2H])c1CCC([2H])([2H])N)OCO2. The molecule has 0 radical (unpaired) electrons. The molecule has 0 aliphatic carbocycles. The Labute approximate surface area is 84.5 Å². The zero-order valence-electron chi connectivity index (χ0n) is 12.0. The normalized spacial score (nSPS) is 19.9. The van der Waals surface area contributed by atoms with Gasteiger partial charge in [-0.3, -0.25) is 0 Å². The Hall–Kier alpha value is -1.22. The number of hydrogen-bond acceptors (Lipinski definition) is 3. The van der Waals surface area contributed by atoms with Crippen molar-refractivity contribution in [3.8, 4) is 11.5 Å². The summed E-state index contributed by atoms with van der Waals surface area (Å²) in [7, 11) is 0. The molecule has 13 heavy (non-hydrogen) atoms. The first-order valence-corrected chi connectivity index (χ1v) is 3.98. The van der Waals surface area contributed by atoms with Gasteiger partial charge in [-0.05, 0) is 37.0 Å². The molecule has 0 fully saturated rings. The average Bonchev–Trinajstić information content (AvgIpc) is 2.73. The summed E-state index contributed by atoms with van der Waals surface area (Å²) < 4.78 is 48.1. The molecule has 2 rings (SSSR count). The molecular weight excluding hydrogens is 166 g/mol. The van der Waals surface area contributed by atoms with E-state index in [9.17, 15) is 0 Å². The van der Waals surface area contributed by atoms with Crippen LogP contribution in [0.3, 0.4) is 0 Å². The maximum atomic E-state index is 7.90. The van der Waals surface area contributed by atoms with Gasteiger partial charge in [0.1, 0.15) is 0 Å². The number of nitrogens with two attached hydrogens (primary N) is 1. The van der Waals surface area contributed by atoms with Crippen molar-refractivity contribution >= 4 is 0 Å². The smallest absolute Gasteiger partial charge is 0.231 e. The standard InChI is InChI=1S/C10H13NO2/c11-5-1-2-8-3-4-9-10(6-8)13-7-12-9/h3-4,6H,1-2,5,7,11H2/i3D,4D,5D2,6D. The fourth-order valence-electron chi connectivity index (χ4n) is 1.09. The lowest BCUT2D eigenvalue weighted by Crippen LogP contribution is -2.00. The Morgan fingerprint density at radius 1 is 1.46 bits per heavy atom. The van der Waals surface area contributed by atoms with Gasteiger partial charge in [0.2, 0.25) is 6.79 Å². The molecule has 0 amide bonds. The molecule has 1 aromatic carbocycles. The zero-order chi connectivity index (χ0) is 13.5. The zero-order valence-corrected chi connectivity index (χ0v) is 7.02. The molecule has 0 atom stereocenters. The summed E-state index contributed by atoms with van der Waals surface area (Å²) in [4.78, 5) is 0. The highest BCUT2D eigenvalue weighted by atomic mass is 16.7. The van der Waals surface area contributed by atoms with Gasteiger partial charge in [-0.1, -0.05) is 6.04 Å². The van der Waals surface area contributed by atoms with E-state index in [1.165, 1.54) is 0 Å². The maximum absolute atomic E-state index is 7.90. The number of ether oxygens (including phenoxy) is 2. The van der Waals surface area contributed by atoms with Crippen molar-refractivity contribution in [2.24, 2.45) is 5.73 Å². The quantitative estimate of drug-likeness (QED) is 0.770. The Morgan fingerprint density at radius 3 is 3.15 bits per heavy atom. The lowest BCUT2D eigenvalue weighted by molar-refractivity contribution is 0.174. The fourth-order valence-corrected chi connectivity index (χ4v) is 1.09. The van der Waals surface area contributed by atoms with Crippen LogP contribution in [0.4, 0.5) is 0 Å². The highest BCUT2D eigenvalue weighted by molar-refractivity contribution is 5.44. The van der Waals surface area contributed by atoms with Crippen molar-refractivity contribution in [2.45, 2.75) is 12.8 Å². The fraction of sp³-hybridized carbons (Fsp3) is 0.400. The molecule has 0 saturated heterocycles. The van der Waals surface area contributed by atoms with Gasteiger partial charge in [-0.25, -0.2) is 0 Å². The molecule has 1 aromatic rings.